The summed E-state index contributed by atoms with van der Waals surface area (Å²) in [5.41, 5.74) is 0.591. The number of furan rings is 1. The average molecular weight is 208 g/mol. The number of carbonyl (C=O) groups excluding carboxylic acids is 1. The molecule has 15 heavy (non-hydrogen) atoms. The van der Waals surface area contributed by atoms with Crippen molar-refractivity contribution in [1.82, 2.24) is 10.6 Å². The second-order valence-electron chi connectivity index (χ2n) is 4.18. The highest BCUT2D eigenvalue weighted by Crippen LogP contribution is 2.10. The number of piperidine rings is 1. The van der Waals surface area contributed by atoms with Crippen LogP contribution in [0, 0.1) is 5.92 Å². The zero-order valence-corrected chi connectivity index (χ0v) is 8.82. The Bertz CT molecular complexity index is 321. The number of nitrogens with one attached hydrogen (secondary N) is 2. The summed E-state index contributed by atoms with van der Waals surface area (Å²) in [6.45, 7) is 4.08. The van der Waals surface area contributed by atoms with E-state index in [1.54, 1.807) is 6.07 Å². The van der Waals surface area contributed by atoms with Gasteiger partial charge in [0.05, 0.1) is 11.8 Å². The lowest BCUT2D eigenvalue weighted by atomic mass is 9.97. The van der Waals surface area contributed by atoms with Crippen LogP contribution in [0.4, 0.5) is 0 Å². The first-order chi connectivity index (χ1) is 7.25. The Kier molecular flexibility index (Phi) is 3.06. The van der Waals surface area contributed by atoms with Gasteiger partial charge in [0.1, 0.15) is 6.26 Å². The van der Waals surface area contributed by atoms with Gasteiger partial charge in [-0.25, -0.2) is 0 Å². The normalized spacial score (nSPS) is 26.2. The molecule has 4 heteroatoms. The third-order valence-corrected chi connectivity index (χ3v) is 2.69. The Hall–Kier alpha value is -1.29. The van der Waals surface area contributed by atoms with Crippen molar-refractivity contribution >= 4 is 5.91 Å². The molecule has 1 aliphatic rings. The summed E-state index contributed by atoms with van der Waals surface area (Å²) in [5, 5.41) is 6.29. The van der Waals surface area contributed by atoms with Crippen LogP contribution < -0.4 is 10.6 Å². The van der Waals surface area contributed by atoms with E-state index in [1.165, 1.54) is 12.5 Å². The molecule has 4 nitrogen and oxygen atoms in total. The van der Waals surface area contributed by atoms with Gasteiger partial charge in [-0.1, -0.05) is 6.92 Å². The average Bonchev–Trinajstić information content (AvgIpc) is 2.70. The van der Waals surface area contributed by atoms with Crippen LogP contribution in [-0.2, 0) is 0 Å². The maximum Gasteiger partial charge on any atom is 0.254 e. The predicted molar refractivity (Wildman–Crippen MR) is 56.6 cm³/mol. The molecule has 2 atom stereocenters. The number of hydrogen-bond acceptors (Lipinski definition) is 3. The zero-order valence-electron chi connectivity index (χ0n) is 8.82. The lowest BCUT2D eigenvalue weighted by Crippen LogP contribution is -2.48. The Labute approximate surface area is 89.0 Å². The van der Waals surface area contributed by atoms with Crippen molar-refractivity contribution in [2.45, 2.75) is 19.4 Å². The molecule has 1 aromatic heterocycles. The fourth-order valence-electron chi connectivity index (χ4n) is 1.93. The van der Waals surface area contributed by atoms with Crippen molar-refractivity contribution in [1.29, 1.82) is 0 Å². The van der Waals surface area contributed by atoms with Gasteiger partial charge < -0.3 is 15.1 Å². The first-order valence-corrected chi connectivity index (χ1v) is 5.29. The van der Waals surface area contributed by atoms with E-state index in [1.807, 2.05) is 0 Å². The molecular weight excluding hydrogens is 192 g/mol. The summed E-state index contributed by atoms with van der Waals surface area (Å²) >= 11 is 0. The molecule has 0 radical (unpaired) electrons. The second kappa shape index (κ2) is 4.49. The van der Waals surface area contributed by atoms with Gasteiger partial charge in [-0.15, -0.1) is 0 Å². The van der Waals surface area contributed by atoms with Gasteiger partial charge in [-0.3, -0.25) is 4.79 Å². The summed E-state index contributed by atoms with van der Waals surface area (Å²) in [6.07, 6.45) is 4.02. The first-order valence-electron chi connectivity index (χ1n) is 5.29. The van der Waals surface area contributed by atoms with Gasteiger partial charge in [0.15, 0.2) is 0 Å². The topological polar surface area (TPSA) is 54.3 Å². The van der Waals surface area contributed by atoms with Crippen LogP contribution in [0.1, 0.15) is 23.7 Å². The largest absolute Gasteiger partial charge is 0.472 e. The minimum atomic E-state index is -0.0512. The van der Waals surface area contributed by atoms with E-state index in [4.69, 9.17) is 4.42 Å². The van der Waals surface area contributed by atoms with Gasteiger partial charge in [0.2, 0.25) is 0 Å². The molecule has 1 aliphatic heterocycles. The maximum atomic E-state index is 11.7. The van der Waals surface area contributed by atoms with Crippen molar-refractivity contribution in [3.8, 4) is 0 Å². The van der Waals surface area contributed by atoms with E-state index in [-0.39, 0.29) is 11.9 Å². The quantitative estimate of drug-likeness (QED) is 0.762. The molecule has 2 heterocycles. The Balaban J connectivity index is 1.89. The van der Waals surface area contributed by atoms with E-state index >= 15 is 0 Å². The molecule has 0 spiro atoms. The number of rotatable bonds is 2. The molecule has 0 aromatic carbocycles. The standard InChI is InChI=1S/C11H16N2O2/c1-8-4-10(6-12-5-8)13-11(14)9-2-3-15-7-9/h2-3,7-8,10,12H,4-6H2,1H3,(H,13,14). The van der Waals surface area contributed by atoms with Crippen LogP contribution in [0.5, 0.6) is 0 Å². The van der Waals surface area contributed by atoms with Crippen LogP contribution in [-0.4, -0.2) is 25.0 Å². The first kappa shape index (κ1) is 10.2. The lowest BCUT2D eigenvalue weighted by molar-refractivity contribution is 0.0925. The minimum Gasteiger partial charge on any atom is -0.472 e. The highest BCUT2D eigenvalue weighted by Gasteiger charge is 2.20. The third kappa shape index (κ3) is 2.59. The number of hydrogen-bond donors (Lipinski definition) is 2. The molecule has 82 valence electrons. The van der Waals surface area contributed by atoms with E-state index in [9.17, 15) is 4.79 Å². The molecule has 1 amide bonds. The van der Waals surface area contributed by atoms with Gasteiger partial charge in [0, 0.05) is 12.6 Å². The Morgan fingerprint density at radius 1 is 1.60 bits per heavy atom. The second-order valence-corrected chi connectivity index (χ2v) is 4.18. The van der Waals surface area contributed by atoms with Crippen molar-refractivity contribution in [3.05, 3.63) is 24.2 Å². The molecule has 0 aliphatic carbocycles. The van der Waals surface area contributed by atoms with Gasteiger partial charge in [-0.05, 0) is 24.9 Å². The van der Waals surface area contributed by atoms with E-state index in [2.05, 4.69) is 17.6 Å². The summed E-state index contributed by atoms with van der Waals surface area (Å²) in [4.78, 5) is 11.7. The van der Waals surface area contributed by atoms with Crippen LogP contribution >= 0.6 is 0 Å². The Morgan fingerprint density at radius 3 is 3.13 bits per heavy atom. The molecule has 1 saturated heterocycles. The SMILES string of the molecule is CC1CNCC(NC(=O)c2ccoc2)C1. The summed E-state index contributed by atoms with van der Waals surface area (Å²) in [6, 6.07) is 1.91. The van der Waals surface area contributed by atoms with Crippen molar-refractivity contribution in [3.63, 3.8) is 0 Å². The monoisotopic (exact) mass is 208 g/mol. The van der Waals surface area contributed by atoms with Crippen LogP contribution in [0.15, 0.2) is 23.0 Å². The van der Waals surface area contributed by atoms with Crippen LogP contribution in [0.25, 0.3) is 0 Å². The highest BCUT2D eigenvalue weighted by molar-refractivity contribution is 5.93. The fraction of sp³-hybridized carbons (Fsp3) is 0.545. The molecular formula is C11H16N2O2. The molecule has 1 aromatic rings. The summed E-state index contributed by atoms with van der Waals surface area (Å²) < 4.78 is 4.87. The third-order valence-electron chi connectivity index (χ3n) is 2.69. The summed E-state index contributed by atoms with van der Waals surface area (Å²) in [7, 11) is 0. The molecule has 2 rings (SSSR count). The van der Waals surface area contributed by atoms with Crippen LogP contribution in [0.2, 0.25) is 0 Å². The molecule has 1 fully saturated rings. The van der Waals surface area contributed by atoms with E-state index in [0.717, 1.165) is 19.5 Å². The number of amides is 1. The fourth-order valence-corrected chi connectivity index (χ4v) is 1.93. The molecule has 0 saturated carbocycles. The molecule has 2 unspecified atom stereocenters. The maximum absolute atomic E-state index is 11.7. The van der Waals surface area contributed by atoms with E-state index in [0.29, 0.717) is 11.5 Å². The van der Waals surface area contributed by atoms with Gasteiger partial charge in [-0.2, -0.15) is 0 Å². The lowest BCUT2D eigenvalue weighted by Gasteiger charge is -2.28. The Morgan fingerprint density at radius 2 is 2.47 bits per heavy atom. The highest BCUT2D eigenvalue weighted by atomic mass is 16.3. The van der Waals surface area contributed by atoms with Gasteiger partial charge >= 0.3 is 0 Å². The van der Waals surface area contributed by atoms with Crippen LogP contribution in [0.3, 0.4) is 0 Å². The molecule has 0 bridgehead atoms. The van der Waals surface area contributed by atoms with E-state index < -0.39 is 0 Å². The smallest absolute Gasteiger partial charge is 0.254 e. The van der Waals surface area contributed by atoms with Crippen molar-refractivity contribution < 1.29 is 9.21 Å². The molecule has 2 N–H and O–H groups in total. The van der Waals surface area contributed by atoms with Crippen molar-refractivity contribution in [2.75, 3.05) is 13.1 Å². The zero-order chi connectivity index (χ0) is 10.7. The van der Waals surface area contributed by atoms with Gasteiger partial charge in [0.25, 0.3) is 5.91 Å². The number of carbonyl (C=O) groups is 1. The predicted octanol–water partition coefficient (Wildman–Crippen LogP) is 1.01. The summed E-state index contributed by atoms with van der Waals surface area (Å²) in [5.74, 6) is 0.568. The minimum absolute atomic E-state index is 0.0512. The van der Waals surface area contributed by atoms with Crippen molar-refractivity contribution in [2.24, 2.45) is 5.92 Å².